The molecule has 0 bridgehead atoms. The van der Waals surface area contributed by atoms with Crippen molar-refractivity contribution in [1.29, 1.82) is 0 Å². The minimum atomic E-state index is -1.20. The lowest BCUT2D eigenvalue weighted by Crippen LogP contribution is -2.29. The lowest BCUT2D eigenvalue weighted by atomic mass is 9.95. The molecule has 1 fully saturated rings. The Kier molecular flexibility index (Phi) is 3.36. The molecule has 0 saturated carbocycles. The van der Waals surface area contributed by atoms with Crippen LogP contribution in [-0.2, 0) is 4.79 Å². The summed E-state index contributed by atoms with van der Waals surface area (Å²) >= 11 is 0. The van der Waals surface area contributed by atoms with E-state index in [1.165, 1.54) is 12.1 Å². The zero-order valence-corrected chi connectivity index (χ0v) is 10.6. The van der Waals surface area contributed by atoms with Crippen LogP contribution < -0.4 is 10.0 Å². The molecule has 0 spiro atoms. The standard InChI is InChI=1S/C14H17NO3/c1-9(2)12-7-8-15(13(12)16)11-5-3-10(4-6-11)14(17)18/h3-6,9,12H,7-8H2,1-2H3,(H,17,18)/p-1. The van der Waals surface area contributed by atoms with Gasteiger partial charge in [-0.1, -0.05) is 26.0 Å². The number of amides is 1. The number of carbonyl (C=O) groups excluding carboxylic acids is 2. The van der Waals surface area contributed by atoms with Crippen LogP contribution in [0.5, 0.6) is 0 Å². The van der Waals surface area contributed by atoms with Crippen molar-refractivity contribution in [2.24, 2.45) is 11.8 Å². The van der Waals surface area contributed by atoms with E-state index >= 15 is 0 Å². The quantitative estimate of drug-likeness (QED) is 0.801. The number of carbonyl (C=O) groups is 2. The molecule has 0 aromatic heterocycles. The molecule has 1 aliphatic rings. The summed E-state index contributed by atoms with van der Waals surface area (Å²) in [5.41, 5.74) is 0.888. The first-order chi connectivity index (χ1) is 8.50. The Labute approximate surface area is 106 Å². The van der Waals surface area contributed by atoms with Gasteiger partial charge < -0.3 is 14.8 Å². The molecular weight excluding hydrogens is 230 g/mol. The second-order valence-corrected chi connectivity index (χ2v) is 4.96. The smallest absolute Gasteiger partial charge is 0.230 e. The zero-order chi connectivity index (χ0) is 13.3. The molecule has 0 aliphatic carbocycles. The van der Waals surface area contributed by atoms with E-state index in [1.54, 1.807) is 17.0 Å². The molecule has 1 heterocycles. The summed E-state index contributed by atoms with van der Waals surface area (Å²) in [6.45, 7) is 4.79. The molecule has 96 valence electrons. The van der Waals surface area contributed by atoms with Crippen LogP contribution in [0.15, 0.2) is 24.3 Å². The van der Waals surface area contributed by atoms with Crippen molar-refractivity contribution < 1.29 is 14.7 Å². The Balaban J connectivity index is 2.18. The molecule has 2 rings (SSSR count). The lowest BCUT2D eigenvalue weighted by Gasteiger charge is -2.18. The van der Waals surface area contributed by atoms with Gasteiger partial charge in [0, 0.05) is 18.2 Å². The van der Waals surface area contributed by atoms with Gasteiger partial charge in [0.1, 0.15) is 0 Å². The largest absolute Gasteiger partial charge is 0.545 e. The number of hydrogen-bond acceptors (Lipinski definition) is 3. The van der Waals surface area contributed by atoms with Gasteiger partial charge in [0.15, 0.2) is 0 Å². The molecule has 1 amide bonds. The molecule has 4 heteroatoms. The van der Waals surface area contributed by atoms with Gasteiger partial charge in [-0.25, -0.2) is 0 Å². The fraction of sp³-hybridized carbons (Fsp3) is 0.429. The molecular formula is C14H16NO3-. The summed E-state index contributed by atoms with van der Waals surface area (Å²) in [4.78, 5) is 24.5. The van der Waals surface area contributed by atoms with Crippen LogP contribution in [0, 0.1) is 11.8 Å². The van der Waals surface area contributed by atoms with Crippen LogP contribution >= 0.6 is 0 Å². The van der Waals surface area contributed by atoms with Gasteiger partial charge >= 0.3 is 0 Å². The third-order valence-electron chi connectivity index (χ3n) is 3.47. The molecule has 18 heavy (non-hydrogen) atoms. The highest BCUT2D eigenvalue weighted by atomic mass is 16.4. The van der Waals surface area contributed by atoms with Gasteiger partial charge in [0.05, 0.1) is 5.97 Å². The van der Waals surface area contributed by atoms with Crippen LogP contribution in [0.4, 0.5) is 5.69 Å². The average Bonchev–Trinajstić information content (AvgIpc) is 2.71. The fourth-order valence-electron chi connectivity index (χ4n) is 2.35. The van der Waals surface area contributed by atoms with Crippen molar-refractivity contribution in [2.75, 3.05) is 11.4 Å². The summed E-state index contributed by atoms with van der Waals surface area (Å²) in [6.07, 6.45) is 0.860. The molecule has 0 radical (unpaired) electrons. The number of rotatable bonds is 3. The van der Waals surface area contributed by atoms with E-state index in [9.17, 15) is 14.7 Å². The molecule has 1 aromatic rings. The number of aromatic carboxylic acids is 1. The predicted octanol–water partition coefficient (Wildman–Crippen LogP) is 1.06. The summed E-state index contributed by atoms with van der Waals surface area (Å²) in [5, 5.41) is 10.6. The highest BCUT2D eigenvalue weighted by Crippen LogP contribution is 2.29. The van der Waals surface area contributed by atoms with E-state index in [1.807, 2.05) is 13.8 Å². The minimum Gasteiger partial charge on any atom is -0.545 e. The first-order valence-corrected chi connectivity index (χ1v) is 6.13. The van der Waals surface area contributed by atoms with E-state index in [0.717, 1.165) is 12.1 Å². The fourth-order valence-corrected chi connectivity index (χ4v) is 2.35. The first-order valence-electron chi connectivity index (χ1n) is 6.13. The molecule has 1 aliphatic heterocycles. The average molecular weight is 246 g/mol. The molecule has 1 aromatic carbocycles. The van der Waals surface area contributed by atoms with Gasteiger partial charge in [-0.2, -0.15) is 0 Å². The van der Waals surface area contributed by atoms with Crippen molar-refractivity contribution in [3.05, 3.63) is 29.8 Å². The molecule has 1 saturated heterocycles. The highest BCUT2D eigenvalue weighted by molar-refractivity contribution is 5.97. The van der Waals surface area contributed by atoms with E-state index in [0.29, 0.717) is 12.5 Å². The molecule has 0 N–H and O–H groups in total. The van der Waals surface area contributed by atoms with Crippen molar-refractivity contribution >= 4 is 17.6 Å². The normalized spacial score (nSPS) is 19.6. The Morgan fingerprint density at radius 3 is 2.39 bits per heavy atom. The highest BCUT2D eigenvalue weighted by Gasteiger charge is 2.34. The van der Waals surface area contributed by atoms with Gasteiger partial charge in [-0.3, -0.25) is 4.79 Å². The monoisotopic (exact) mass is 246 g/mol. The maximum absolute atomic E-state index is 12.2. The number of benzene rings is 1. The predicted molar refractivity (Wildman–Crippen MR) is 66.1 cm³/mol. The molecule has 4 nitrogen and oxygen atoms in total. The van der Waals surface area contributed by atoms with E-state index in [4.69, 9.17) is 0 Å². The van der Waals surface area contributed by atoms with Crippen LogP contribution in [0.3, 0.4) is 0 Å². The van der Waals surface area contributed by atoms with Gasteiger partial charge in [0.2, 0.25) is 5.91 Å². The SMILES string of the molecule is CC(C)C1CCN(c2ccc(C(=O)[O-])cc2)C1=O. The Morgan fingerprint density at radius 2 is 1.94 bits per heavy atom. The van der Waals surface area contributed by atoms with Crippen molar-refractivity contribution in [2.45, 2.75) is 20.3 Å². The van der Waals surface area contributed by atoms with Crippen molar-refractivity contribution in [3.8, 4) is 0 Å². The van der Waals surface area contributed by atoms with Crippen LogP contribution in [0.25, 0.3) is 0 Å². The topological polar surface area (TPSA) is 60.4 Å². The van der Waals surface area contributed by atoms with Crippen molar-refractivity contribution in [1.82, 2.24) is 0 Å². The van der Waals surface area contributed by atoms with Crippen molar-refractivity contribution in [3.63, 3.8) is 0 Å². The summed E-state index contributed by atoms with van der Waals surface area (Å²) < 4.78 is 0. The summed E-state index contributed by atoms with van der Waals surface area (Å²) in [6, 6.07) is 6.26. The number of anilines is 1. The number of carboxylic acid groups (broad SMARTS) is 1. The second-order valence-electron chi connectivity index (χ2n) is 4.96. The van der Waals surface area contributed by atoms with Gasteiger partial charge in [0.25, 0.3) is 0 Å². The van der Waals surface area contributed by atoms with Crippen LogP contribution in [-0.4, -0.2) is 18.4 Å². The maximum Gasteiger partial charge on any atom is 0.230 e. The second kappa shape index (κ2) is 4.80. The molecule has 1 atom stereocenters. The van der Waals surface area contributed by atoms with E-state index in [2.05, 4.69) is 0 Å². The Bertz CT molecular complexity index is 464. The maximum atomic E-state index is 12.2. The number of carboxylic acids is 1. The molecule has 1 unspecified atom stereocenters. The summed E-state index contributed by atoms with van der Waals surface area (Å²) in [5.74, 6) is -0.656. The minimum absolute atomic E-state index is 0.0748. The van der Waals surface area contributed by atoms with E-state index < -0.39 is 5.97 Å². The van der Waals surface area contributed by atoms with Crippen LogP contribution in [0.2, 0.25) is 0 Å². The lowest BCUT2D eigenvalue weighted by molar-refractivity contribution is -0.255. The third-order valence-corrected chi connectivity index (χ3v) is 3.47. The Hall–Kier alpha value is -1.84. The number of nitrogens with zero attached hydrogens (tertiary/aromatic N) is 1. The zero-order valence-electron chi connectivity index (χ0n) is 10.6. The summed E-state index contributed by atoms with van der Waals surface area (Å²) in [7, 11) is 0. The van der Waals surface area contributed by atoms with Crippen LogP contribution in [0.1, 0.15) is 30.6 Å². The van der Waals surface area contributed by atoms with Gasteiger partial charge in [-0.05, 0) is 30.0 Å². The number of hydrogen-bond donors (Lipinski definition) is 0. The third kappa shape index (κ3) is 2.23. The first kappa shape index (κ1) is 12.6. The van der Waals surface area contributed by atoms with E-state index in [-0.39, 0.29) is 17.4 Å². The Morgan fingerprint density at radius 1 is 1.33 bits per heavy atom. The van der Waals surface area contributed by atoms with Gasteiger partial charge in [-0.15, -0.1) is 0 Å².